The van der Waals surface area contributed by atoms with Gasteiger partial charge in [0.15, 0.2) is 8.32 Å². The van der Waals surface area contributed by atoms with Gasteiger partial charge in [0.2, 0.25) is 0 Å². The largest absolute Gasteiger partial charge is 0.408 e. The SMILES string of the molecule is [2H][C@@]12OC3(C)OC(C1O[Si](C)(C)C(C)(C)C)[C@H](OCOCC[Si](C)(C)C)[C@@]([2H])(O3)/C2=N/N(C)C. The number of rotatable bonds is 9. The zero-order valence-electron chi connectivity index (χ0n) is 23.7. The van der Waals surface area contributed by atoms with E-state index in [0.29, 0.717) is 6.61 Å². The molecule has 4 rings (SSSR count). The Morgan fingerprint density at radius 1 is 1.06 bits per heavy atom. The quantitative estimate of drug-likeness (QED) is 0.210. The van der Waals surface area contributed by atoms with Crippen molar-refractivity contribution in [1.82, 2.24) is 5.01 Å². The van der Waals surface area contributed by atoms with Crippen LogP contribution in [0.15, 0.2) is 5.10 Å². The first-order chi connectivity index (χ1) is 15.2. The van der Waals surface area contributed by atoms with Crippen LogP contribution in [0, 0.1) is 0 Å². The third kappa shape index (κ3) is 5.65. The smallest absolute Gasteiger partial charge is 0.281 e. The zero-order valence-corrected chi connectivity index (χ0v) is 23.7. The van der Waals surface area contributed by atoms with Gasteiger partial charge in [0.05, 0.1) is 2.74 Å². The second kappa shape index (κ2) is 9.03. The lowest BCUT2D eigenvalue weighted by atomic mass is 9.82. The van der Waals surface area contributed by atoms with Gasteiger partial charge in [-0.15, -0.1) is 0 Å². The lowest BCUT2D eigenvalue weighted by molar-refractivity contribution is -0.491. The molecule has 3 saturated heterocycles. The van der Waals surface area contributed by atoms with E-state index in [0.717, 1.165) is 6.04 Å². The molecule has 10 heteroatoms. The highest BCUT2D eigenvalue weighted by atomic mass is 28.4. The van der Waals surface area contributed by atoms with Crippen LogP contribution >= 0.6 is 0 Å². The molecule has 0 spiro atoms. The number of hydrazone groups is 1. The molecule has 4 bridgehead atoms. The van der Waals surface area contributed by atoms with Gasteiger partial charge in [-0.25, -0.2) is 0 Å². The van der Waals surface area contributed by atoms with E-state index in [9.17, 15) is 2.74 Å². The van der Waals surface area contributed by atoms with E-state index in [1.165, 1.54) is 0 Å². The Bertz CT molecular complexity index is 805. The molecule has 0 N–H and O–H groups in total. The minimum absolute atomic E-state index is 0.0103. The Kier molecular flexibility index (Phi) is 6.61. The molecular formula is C22H44N2O6Si2. The van der Waals surface area contributed by atoms with Crippen LogP contribution in [0.3, 0.4) is 0 Å². The summed E-state index contributed by atoms with van der Waals surface area (Å²) in [5.41, 5.74) is 0.0952. The molecule has 6 atom stereocenters. The number of hydrogen-bond acceptors (Lipinski definition) is 8. The van der Waals surface area contributed by atoms with Gasteiger partial charge in [0, 0.05) is 35.7 Å². The van der Waals surface area contributed by atoms with Crippen molar-refractivity contribution in [2.45, 2.75) is 108 Å². The molecule has 1 aliphatic carbocycles. The zero-order chi connectivity index (χ0) is 26.0. The van der Waals surface area contributed by atoms with Gasteiger partial charge in [0.1, 0.15) is 43.0 Å². The fourth-order valence-electron chi connectivity index (χ4n) is 3.54. The molecule has 0 radical (unpaired) electrons. The van der Waals surface area contributed by atoms with Crippen molar-refractivity contribution in [3.05, 3.63) is 0 Å². The van der Waals surface area contributed by atoms with Gasteiger partial charge in [0.25, 0.3) is 5.97 Å². The summed E-state index contributed by atoms with van der Waals surface area (Å²) in [6.45, 7) is 19.7. The van der Waals surface area contributed by atoms with E-state index in [1.54, 1.807) is 26.0 Å². The first-order valence-electron chi connectivity index (χ1n) is 12.5. The van der Waals surface area contributed by atoms with Crippen molar-refractivity contribution in [2.75, 3.05) is 27.5 Å². The van der Waals surface area contributed by atoms with Gasteiger partial charge < -0.3 is 33.1 Å². The lowest BCUT2D eigenvalue weighted by Gasteiger charge is -2.61. The summed E-state index contributed by atoms with van der Waals surface area (Å²) in [6, 6.07) is 1.01. The predicted molar refractivity (Wildman–Crippen MR) is 130 cm³/mol. The average molecular weight is 491 g/mol. The Balaban J connectivity index is 1.96. The van der Waals surface area contributed by atoms with Crippen LogP contribution in [0.4, 0.5) is 0 Å². The summed E-state index contributed by atoms with van der Waals surface area (Å²) in [6.07, 6.45) is -6.02. The predicted octanol–water partition coefficient (Wildman–Crippen LogP) is 3.86. The summed E-state index contributed by atoms with van der Waals surface area (Å²) < 4.78 is 55.5. The van der Waals surface area contributed by atoms with Gasteiger partial charge in [-0.05, 0) is 24.2 Å². The van der Waals surface area contributed by atoms with Gasteiger partial charge in [-0.2, -0.15) is 5.10 Å². The molecule has 3 heterocycles. The molecule has 0 aromatic rings. The summed E-state index contributed by atoms with van der Waals surface area (Å²) in [5.74, 6) is -1.56. The average Bonchev–Trinajstić information content (AvgIpc) is 2.61. The lowest BCUT2D eigenvalue weighted by Crippen LogP contribution is -2.78. The van der Waals surface area contributed by atoms with E-state index in [4.69, 9.17) is 28.1 Å². The van der Waals surface area contributed by atoms with Crippen molar-refractivity contribution in [2.24, 2.45) is 5.10 Å². The van der Waals surface area contributed by atoms with Crippen LogP contribution in [0.5, 0.6) is 0 Å². The van der Waals surface area contributed by atoms with Gasteiger partial charge in [-0.3, -0.25) is 0 Å². The van der Waals surface area contributed by atoms with Crippen LogP contribution in [0.2, 0.25) is 43.8 Å². The molecular weight excluding hydrogens is 444 g/mol. The van der Waals surface area contributed by atoms with E-state index in [2.05, 4.69) is 58.6 Å². The summed E-state index contributed by atoms with van der Waals surface area (Å²) in [5, 5.41) is 5.95. The van der Waals surface area contributed by atoms with Crippen LogP contribution in [-0.2, 0) is 28.1 Å². The van der Waals surface area contributed by atoms with Crippen LogP contribution in [-0.4, -0.2) is 91.1 Å². The van der Waals surface area contributed by atoms with Crippen molar-refractivity contribution >= 4 is 22.1 Å². The summed E-state index contributed by atoms with van der Waals surface area (Å²) in [4.78, 5) is 0. The molecule has 0 aromatic heterocycles. The second-order valence-corrected chi connectivity index (χ2v) is 22.3. The minimum atomic E-state index is -2.36. The highest BCUT2D eigenvalue weighted by molar-refractivity contribution is 6.76. The third-order valence-corrected chi connectivity index (χ3v) is 12.5. The first kappa shape index (κ1) is 23.4. The van der Waals surface area contributed by atoms with Crippen LogP contribution in [0.25, 0.3) is 0 Å². The molecule has 3 aliphatic heterocycles. The van der Waals surface area contributed by atoms with E-state index >= 15 is 0 Å². The van der Waals surface area contributed by atoms with Crippen molar-refractivity contribution in [3.63, 3.8) is 0 Å². The molecule has 1 saturated carbocycles. The Hall–Kier alpha value is -0.336. The van der Waals surface area contributed by atoms with E-state index in [-0.39, 0.29) is 17.5 Å². The fourth-order valence-corrected chi connectivity index (χ4v) is 5.53. The van der Waals surface area contributed by atoms with E-state index < -0.39 is 52.8 Å². The molecule has 8 nitrogen and oxygen atoms in total. The fraction of sp³-hybridized carbons (Fsp3) is 0.955. The topological polar surface area (TPSA) is 71.0 Å². The van der Waals surface area contributed by atoms with E-state index in [1.807, 2.05) is 0 Å². The van der Waals surface area contributed by atoms with Crippen molar-refractivity contribution < 1.29 is 30.9 Å². The maximum absolute atomic E-state index is 9.41. The molecule has 0 aromatic carbocycles. The summed E-state index contributed by atoms with van der Waals surface area (Å²) >= 11 is 0. The number of hydrogen-bond donors (Lipinski definition) is 0. The first-order valence-corrected chi connectivity index (χ1v) is 18.1. The molecule has 4 fully saturated rings. The maximum Gasteiger partial charge on any atom is 0.281 e. The van der Waals surface area contributed by atoms with Crippen LogP contribution in [0.1, 0.15) is 30.4 Å². The minimum Gasteiger partial charge on any atom is -0.408 e. The van der Waals surface area contributed by atoms with Gasteiger partial charge >= 0.3 is 0 Å². The molecule has 32 heavy (non-hydrogen) atoms. The third-order valence-electron chi connectivity index (χ3n) is 6.38. The number of nitrogens with zero attached hydrogens (tertiary/aromatic N) is 2. The standard InChI is InChI=1S/C22H44N2O6Si2/c1-21(2,3)32(10,11)30-20-17-15(23-24(5)6)16-18(19(20)29-22(4,27-16)28-17)26-14-25-12-13-31(7,8)9/h16-20H,12-14H2,1-11H3/b23-15-/t16-,17-,18+,19?,20?,22?/m0/s1/i16D,17D. The highest BCUT2D eigenvalue weighted by Gasteiger charge is 2.66. The molecule has 0 amide bonds. The monoisotopic (exact) mass is 490 g/mol. The van der Waals surface area contributed by atoms with Crippen molar-refractivity contribution in [3.8, 4) is 0 Å². The second-order valence-electron chi connectivity index (χ2n) is 11.9. The van der Waals surface area contributed by atoms with Gasteiger partial charge in [-0.1, -0.05) is 40.4 Å². The maximum atomic E-state index is 9.41. The normalized spacial score (nSPS) is 41.7. The Morgan fingerprint density at radius 3 is 2.19 bits per heavy atom. The molecule has 3 unspecified atom stereocenters. The molecule has 186 valence electrons. The van der Waals surface area contributed by atoms with Crippen LogP contribution < -0.4 is 0 Å². The number of ether oxygens (including phenoxy) is 5. The van der Waals surface area contributed by atoms with Crippen molar-refractivity contribution in [1.29, 1.82) is 0 Å². The Morgan fingerprint density at radius 2 is 1.66 bits per heavy atom. The summed E-state index contributed by atoms with van der Waals surface area (Å²) in [7, 11) is -0.123. The Labute approximate surface area is 198 Å². The molecule has 4 aliphatic rings. The highest BCUT2D eigenvalue weighted by Crippen LogP contribution is 2.48.